The van der Waals surface area contributed by atoms with Crippen LogP contribution in [0.1, 0.15) is 29.8 Å². The highest BCUT2D eigenvalue weighted by Crippen LogP contribution is 2.31. The number of pyridine rings is 1. The predicted octanol–water partition coefficient (Wildman–Crippen LogP) is 2.02. The van der Waals surface area contributed by atoms with E-state index in [1.807, 2.05) is 0 Å². The third kappa shape index (κ3) is 3.00. The summed E-state index contributed by atoms with van der Waals surface area (Å²) in [4.78, 5) is 3.94. The number of halogens is 3. The Morgan fingerprint density at radius 1 is 1.39 bits per heavy atom. The summed E-state index contributed by atoms with van der Waals surface area (Å²) in [5, 5.41) is 12.3. The maximum atomic E-state index is 12.5. The molecule has 0 spiro atoms. The summed E-state index contributed by atoms with van der Waals surface area (Å²) in [7, 11) is 0. The summed E-state index contributed by atoms with van der Waals surface area (Å²) < 4.78 is 37.6. The third-order valence-corrected chi connectivity index (χ3v) is 3.13. The van der Waals surface area contributed by atoms with Crippen LogP contribution in [0.15, 0.2) is 12.1 Å². The van der Waals surface area contributed by atoms with Crippen molar-refractivity contribution in [2.45, 2.75) is 44.6 Å². The van der Waals surface area contributed by atoms with Crippen LogP contribution < -0.4 is 5.32 Å². The highest BCUT2D eigenvalue weighted by molar-refractivity contribution is 5.24. The maximum Gasteiger partial charge on any atom is 0.418 e. The van der Waals surface area contributed by atoms with Gasteiger partial charge in [0.2, 0.25) is 0 Å². The Morgan fingerprint density at radius 3 is 2.56 bits per heavy atom. The van der Waals surface area contributed by atoms with Crippen LogP contribution in [-0.2, 0) is 12.7 Å². The number of hydrogen-bond acceptors (Lipinski definition) is 3. The Kier molecular flexibility index (Phi) is 3.59. The van der Waals surface area contributed by atoms with Gasteiger partial charge in [0.15, 0.2) is 0 Å². The van der Waals surface area contributed by atoms with Crippen LogP contribution in [0.4, 0.5) is 13.2 Å². The van der Waals surface area contributed by atoms with Crippen molar-refractivity contribution in [2.75, 3.05) is 0 Å². The zero-order chi connectivity index (χ0) is 13.3. The molecule has 0 unspecified atom stereocenters. The van der Waals surface area contributed by atoms with E-state index in [2.05, 4.69) is 10.3 Å². The van der Waals surface area contributed by atoms with Crippen LogP contribution in [0.5, 0.6) is 0 Å². The minimum Gasteiger partial charge on any atom is -0.393 e. The van der Waals surface area contributed by atoms with Gasteiger partial charge in [-0.3, -0.25) is 4.98 Å². The standard InChI is InChI=1S/C12H15F3N2O/c1-7-11(12(13,14)15)3-2-8(17-7)6-16-9-4-10(18)5-9/h2-3,9-10,16,18H,4-6H2,1H3. The monoisotopic (exact) mass is 260 g/mol. The molecule has 1 heterocycles. The number of aromatic nitrogens is 1. The van der Waals surface area contributed by atoms with Gasteiger partial charge >= 0.3 is 6.18 Å². The van der Waals surface area contributed by atoms with Crippen molar-refractivity contribution in [3.8, 4) is 0 Å². The number of nitrogens with one attached hydrogen (secondary N) is 1. The minimum absolute atomic E-state index is 0.00422. The predicted molar refractivity (Wildman–Crippen MR) is 59.8 cm³/mol. The quantitative estimate of drug-likeness (QED) is 0.874. The first kappa shape index (κ1) is 13.3. The van der Waals surface area contributed by atoms with Gasteiger partial charge < -0.3 is 10.4 Å². The van der Waals surface area contributed by atoms with E-state index in [0.29, 0.717) is 25.1 Å². The van der Waals surface area contributed by atoms with Crippen molar-refractivity contribution in [1.82, 2.24) is 10.3 Å². The maximum absolute atomic E-state index is 12.5. The number of aryl methyl sites for hydroxylation is 1. The molecule has 1 saturated carbocycles. The molecule has 0 saturated heterocycles. The highest BCUT2D eigenvalue weighted by atomic mass is 19.4. The van der Waals surface area contributed by atoms with Crippen molar-refractivity contribution < 1.29 is 18.3 Å². The molecular weight excluding hydrogens is 245 g/mol. The van der Waals surface area contributed by atoms with E-state index in [9.17, 15) is 13.2 Å². The summed E-state index contributed by atoms with van der Waals surface area (Å²) >= 11 is 0. The summed E-state index contributed by atoms with van der Waals surface area (Å²) in [5.74, 6) is 0. The lowest BCUT2D eigenvalue weighted by Gasteiger charge is -2.32. The number of aliphatic hydroxyl groups excluding tert-OH is 1. The van der Waals surface area contributed by atoms with Crippen LogP contribution in [-0.4, -0.2) is 22.2 Å². The fourth-order valence-corrected chi connectivity index (χ4v) is 2.01. The third-order valence-electron chi connectivity index (χ3n) is 3.13. The minimum atomic E-state index is -4.35. The molecular formula is C12H15F3N2O. The average molecular weight is 260 g/mol. The number of hydrogen-bond donors (Lipinski definition) is 2. The van der Waals surface area contributed by atoms with Gasteiger partial charge in [-0.15, -0.1) is 0 Å². The molecule has 1 fully saturated rings. The molecule has 0 aromatic carbocycles. The van der Waals surface area contributed by atoms with Crippen LogP contribution in [0, 0.1) is 6.92 Å². The molecule has 0 amide bonds. The highest BCUT2D eigenvalue weighted by Gasteiger charge is 2.33. The number of aliphatic hydroxyl groups is 1. The fraction of sp³-hybridized carbons (Fsp3) is 0.583. The van der Waals surface area contributed by atoms with Gasteiger partial charge in [-0.05, 0) is 31.9 Å². The smallest absolute Gasteiger partial charge is 0.393 e. The Balaban J connectivity index is 1.96. The number of rotatable bonds is 3. The molecule has 0 aliphatic heterocycles. The van der Waals surface area contributed by atoms with Crippen molar-refractivity contribution >= 4 is 0 Å². The lowest BCUT2D eigenvalue weighted by molar-refractivity contribution is -0.138. The van der Waals surface area contributed by atoms with Gasteiger partial charge in [-0.1, -0.05) is 0 Å². The summed E-state index contributed by atoms with van der Waals surface area (Å²) in [6, 6.07) is 2.69. The second-order valence-electron chi connectivity index (χ2n) is 4.64. The summed E-state index contributed by atoms with van der Waals surface area (Å²) in [6.07, 6.45) is -3.20. The van der Waals surface area contributed by atoms with Gasteiger partial charge in [0.05, 0.1) is 17.4 Å². The molecule has 1 aliphatic carbocycles. The van der Waals surface area contributed by atoms with Gasteiger partial charge in [0, 0.05) is 18.3 Å². The molecule has 100 valence electrons. The van der Waals surface area contributed by atoms with Crippen molar-refractivity contribution in [3.63, 3.8) is 0 Å². The van der Waals surface area contributed by atoms with Gasteiger partial charge in [0.1, 0.15) is 0 Å². The molecule has 1 aromatic rings. The topological polar surface area (TPSA) is 45.2 Å². The SMILES string of the molecule is Cc1nc(CNC2CC(O)C2)ccc1C(F)(F)F. The molecule has 0 radical (unpaired) electrons. The van der Waals surface area contributed by atoms with E-state index >= 15 is 0 Å². The molecule has 3 nitrogen and oxygen atoms in total. The van der Waals surface area contributed by atoms with Crippen LogP contribution in [0.25, 0.3) is 0 Å². The fourth-order valence-electron chi connectivity index (χ4n) is 2.01. The van der Waals surface area contributed by atoms with Crippen LogP contribution in [0.2, 0.25) is 0 Å². The molecule has 1 aliphatic rings. The van der Waals surface area contributed by atoms with E-state index in [0.717, 1.165) is 6.07 Å². The molecule has 2 N–H and O–H groups in total. The lowest BCUT2D eigenvalue weighted by Crippen LogP contribution is -2.43. The summed E-state index contributed by atoms with van der Waals surface area (Å²) in [6.45, 7) is 1.79. The Labute approximate surface area is 103 Å². The Bertz CT molecular complexity index is 428. The van der Waals surface area contributed by atoms with Gasteiger partial charge in [-0.25, -0.2) is 0 Å². The van der Waals surface area contributed by atoms with Crippen LogP contribution >= 0.6 is 0 Å². The molecule has 1 aromatic heterocycles. The van der Waals surface area contributed by atoms with E-state index in [1.165, 1.54) is 13.0 Å². The van der Waals surface area contributed by atoms with Crippen molar-refractivity contribution in [2.24, 2.45) is 0 Å². The van der Waals surface area contributed by atoms with Gasteiger partial charge in [0.25, 0.3) is 0 Å². The second kappa shape index (κ2) is 4.85. The zero-order valence-electron chi connectivity index (χ0n) is 9.96. The average Bonchev–Trinajstić information content (AvgIpc) is 2.21. The first-order chi connectivity index (χ1) is 8.36. The van der Waals surface area contributed by atoms with Gasteiger partial charge in [-0.2, -0.15) is 13.2 Å². The summed E-state index contributed by atoms with van der Waals surface area (Å²) in [5.41, 5.74) is -0.109. The van der Waals surface area contributed by atoms with E-state index in [-0.39, 0.29) is 17.8 Å². The zero-order valence-corrected chi connectivity index (χ0v) is 9.96. The van der Waals surface area contributed by atoms with E-state index < -0.39 is 11.7 Å². The Hall–Kier alpha value is -1.14. The normalized spacial score (nSPS) is 23.8. The largest absolute Gasteiger partial charge is 0.418 e. The molecule has 2 rings (SSSR count). The molecule has 6 heteroatoms. The molecule has 18 heavy (non-hydrogen) atoms. The van der Waals surface area contributed by atoms with Crippen molar-refractivity contribution in [1.29, 1.82) is 0 Å². The molecule has 0 bridgehead atoms. The first-order valence-corrected chi connectivity index (χ1v) is 5.81. The van der Waals surface area contributed by atoms with Crippen LogP contribution in [0.3, 0.4) is 0 Å². The second-order valence-corrected chi connectivity index (χ2v) is 4.64. The lowest BCUT2D eigenvalue weighted by atomic mass is 9.89. The molecule has 0 atom stereocenters. The number of alkyl halides is 3. The Morgan fingerprint density at radius 2 is 2.06 bits per heavy atom. The number of nitrogens with zero attached hydrogens (tertiary/aromatic N) is 1. The van der Waals surface area contributed by atoms with Crippen molar-refractivity contribution in [3.05, 3.63) is 29.1 Å². The first-order valence-electron chi connectivity index (χ1n) is 5.81. The van der Waals surface area contributed by atoms with E-state index in [4.69, 9.17) is 5.11 Å². The van der Waals surface area contributed by atoms with E-state index in [1.54, 1.807) is 0 Å².